The monoisotopic (exact) mass is 337 g/mol. The molecule has 0 aromatic heterocycles. The minimum atomic E-state index is 0.105. The number of amides is 1. The van der Waals surface area contributed by atoms with Crippen molar-refractivity contribution < 1.29 is 4.79 Å². The van der Waals surface area contributed by atoms with E-state index in [1.807, 2.05) is 17.0 Å². The van der Waals surface area contributed by atoms with Crippen LogP contribution in [-0.4, -0.2) is 73.0 Å². The van der Waals surface area contributed by atoms with E-state index in [0.717, 1.165) is 38.2 Å². The number of hydrogen-bond donors (Lipinski definition) is 0. The SMILES string of the molecule is CC1CN(C(=O)c2ccc(Cl)cc2)CC(C)N1CCCN(C)C. The Hall–Kier alpha value is -1.10. The maximum Gasteiger partial charge on any atom is 0.253 e. The van der Waals surface area contributed by atoms with Crippen LogP contribution in [0, 0.1) is 0 Å². The second kappa shape index (κ2) is 8.13. The fourth-order valence-corrected chi connectivity index (χ4v) is 3.43. The molecule has 23 heavy (non-hydrogen) atoms. The predicted molar refractivity (Wildman–Crippen MR) is 96.2 cm³/mol. The molecule has 128 valence electrons. The van der Waals surface area contributed by atoms with E-state index >= 15 is 0 Å². The lowest BCUT2D eigenvalue weighted by Crippen LogP contribution is -2.58. The van der Waals surface area contributed by atoms with Gasteiger partial charge in [0, 0.05) is 42.3 Å². The first-order valence-electron chi connectivity index (χ1n) is 8.34. The Balaban J connectivity index is 1.95. The molecular formula is C18H28ClN3O. The Labute approximate surface area is 145 Å². The van der Waals surface area contributed by atoms with Crippen LogP contribution in [0.3, 0.4) is 0 Å². The average molecular weight is 338 g/mol. The summed E-state index contributed by atoms with van der Waals surface area (Å²) in [7, 11) is 4.21. The highest BCUT2D eigenvalue weighted by Gasteiger charge is 2.31. The summed E-state index contributed by atoms with van der Waals surface area (Å²) >= 11 is 5.90. The summed E-state index contributed by atoms with van der Waals surface area (Å²) in [5.41, 5.74) is 0.717. The molecule has 1 heterocycles. The second-order valence-electron chi connectivity index (χ2n) is 6.81. The van der Waals surface area contributed by atoms with Gasteiger partial charge in [0.25, 0.3) is 5.91 Å². The predicted octanol–water partition coefficient (Wildman–Crippen LogP) is 2.83. The molecule has 5 heteroatoms. The van der Waals surface area contributed by atoms with Gasteiger partial charge in [0.05, 0.1) is 0 Å². The van der Waals surface area contributed by atoms with Crippen LogP contribution >= 0.6 is 11.6 Å². The summed E-state index contributed by atoms with van der Waals surface area (Å²) in [6.45, 7) is 8.19. The van der Waals surface area contributed by atoms with Crippen LogP contribution in [0.25, 0.3) is 0 Å². The third-order valence-corrected chi connectivity index (χ3v) is 4.75. The van der Waals surface area contributed by atoms with Gasteiger partial charge in [-0.05, 0) is 65.2 Å². The summed E-state index contributed by atoms with van der Waals surface area (Å²) in [4.78, 5) is 19.4. The van der Waals surface area contributed by atoms with E-state index in [0.29, 0.717) is 17.1 Å². The normalized spacial score (nSPS) is 22.6. The van der Waals surface area contributed by atoms with Gasteiger partial charge in [0.1, 0.15) is 0 Å². The van der Waals surface area contributed by atoms with Crippen LogP contribution in [0.5, 0.6) is 0 Å². The number of rotatable bonds is 5. The molecule has 1 aliphatic heterocycles. The number of hydrogen-bond acceptors (Lipinski definition) is 3. The molecule has 0 aliphatic carbocycles. The Morgan fingerprint density at radius 3 is 2.26 bits per heavy atom. The Bertz CT molecular complexity index is 506. The molecule has 0 bridgehead atoms. The highest BCUT2D eigenvalue weighted by atomic mass is 35.5. The van der Waals surface area contributed by atoms with Crippen molar-refractivity contribution in [2.45, 2.75) is 32.4 Å². The average Bonchev–Trinajstić information content (AvgIpc) is 2.49. The molecule has 4 nitrogen and oxygen atoms in total. The van der Waals surface area contributed by atoms with E-state index < -0.39 is 0 Å². The third kappa shape index (κ3) is 4.93. The molecular weight excluding hydrogens is 310 g/mol. The second-order valence-corrected chi connectivity index (χ2v) is 7.25. The largest absolute Gasteiger partial charge is 0.336 e. The lowest BCUT2D eigenvalue weighted by molar-refractivity contribution is 0.0295. The van der Waals surface area contributed by atoms with E-state index in [4.69, 9.17) is 11.6 Å². The number of nitrogens with zero attached hydrogens (tertiary/aromatic N) is 3. The molecule has 0 spiro atoms. The van der Waals surface area contributed by atoms with Gasteiger partial charge in [-0.3, -0.25) is 9.69 Å². The third-order valence-electron chi connectivity index (χ3n) is 4.50. The van der Waals surface area contributed by atoms with Gasteiger partial charge in [-0.1, -0.05) is 11.6 Å². The minimum absolute atomic E-state index is 0.105. The fraction of sp³-hybridized carbons (Fsp3) is 0.611. The minimum Gasteiger partial charge on any atom is -0.336 e. The van der Waals surface area contributed by atoms with Crippen molar-refractivity contribution in [2.75, 3.05) is 40.3 Å². The first-order valence-corrected chi connectivity index (χ1v) is 8.71. The Morgan fingerprint density at radius 1 is 1.17 bits per heavy atom. The zero-order valence-electron chi connectivity index (χ0n) is 14.6. The zero-order chi connectivity index (χ0) is 17.0. The molecule has 2 unspecified atom stereocenters. The van der Waals surface area contributed by atoms with Gasteiger partial charge in [-0.25, -0.2) is 0 Å². The molecule has 1 aromatic carbocycles. The van der Waals surface area contributed by atoms with Gasteiger partial charge < -0.3 is 9.80 Å². The first kappa shape index (κ1) is 18.2. The van der Waals surface area contributed by atoms with Crippen LogP contribution in [0.4, 0.5) is 0 Å². The van der Waals surface area contributed by atoms with Gasteiger partial charge >= 0.3 is 0 Å². The number of halogens is 1. The number of carbonyl (C=O) groups is 1. The molecule has 1 saturated heterocycles. The maximum absolute atomic E-state index is 12.7. The summed E-state index contributed by atoms with van der Waals surface area (Å²) < 4.78 is 0. The molecule has 0 saturated carbocycles. The van der Waals surface area contributed by atoms with Crippen molar-refractivity contribution in [3.8, 4) is 0 Å². The zero-order valence-corrected chi connectivity index (χ0v) is 15.4. The van der Waals surface area contributed by atoms with Crippen LogP contribution in [0.15, 0.2) is 24.3 Å². The van der Waals surface area contributed by atoms with Crippen molar-refractivity contribution in [3.63, 3.8) is 0 Å². The van der Waals surface area contributed by atoms with Crippen molar-refractivity contribution in [1.82, 2.24) is 14.7 Å². The topological polar surface area (TPSA) is 26.8 Å². The summed E-state index contributed by atoms with van der Waals surface area (Å²) in [6.07, 6.45) is 1.16. The molecule has 2 rings (SSSR count). The lowest BCUT2D eigenvalue weighted by Gasteiger charge is -2.44. The van der Waals surface area contributed by atoms with Crippen molar-refractivity contribution >= 4 is 17.5 Å². The fourth-order valence-electron chi connectivity index (χ4n) is 3.31. The number of piperazine rings is 1. The Kier molecular flexibility index (Phi) is 6.45. The van der Waals surface area contributed by atoms with E-state index in [1.165, 1.54) is 0 Å². The van der Waals surface area contributed by atoms with E-state index in [1.54, 1.807) is 12.1 Å². The highest BCUT2D eigenvalue weighted by Crippen LogP contribution is 2.19. The van der Waals surface area contributed by atoms with Gasteiger partial charge in [0.2, 0.25) is 0 Å². The maximum atomic E-state index is 12.7. The molecule has 0 N–H and O–H groups in total. The van der Waals surface area contributed by atoms with E-state index in [9.17, 15) is 4.79 Å². The van der Waals surface area contributed by atoms with Crippen molar-refractivity contribution in [1.29, 1.82) is 0 Å². The molecule has 1 amide bonds. The number of benzene rings is 1. The molecule has 1 aromatic rings. The smallest absolute Gasteiger partial charge is 0.253 e. The van der Waals surface area contributed by atoms with Gasteiger partial charge in [0.15, 0.2) is 0 Å². The summed E-state index contributed by atoms with van der Waals surface area (Å²) in [5.74, 6) is 0.105. The summed E-state index contributed by atoms with van der Waals surface area (Å²) in [5, 5.41) is 0.661. The molecule has 1 aliphatic rings. The van der Waals surface area contributed by atoms with Crippen LogP contribution in [0.2, 0.25) is 5.02 Å². The van der Waals surface area contributed by atoms with Crippen LogP contribution in [0.1, 0.15) is 30.6 Å². The molecule has 2 atom stereocenters. The van der Waals surface area contributed by atoms with Crippen molar-refractivity contribution in [2.24, 2.45) is 0 Å². The van der Waals surface area contributed by atoms with E-state index in [2.05, 4.69) is 37.7 Å². The first-order chi connectivity index (χ1) is 10.9. The standard InChI is InChI=1S/C18H28ClN3O/c1-14-12-21(18(23)16-6-8-17(19)9-7-16)13-15(2)22(14)11-5-10-20(3)4/h6-9,14-15H,5,10-13H2,1-4H3. The quantitative estimate of drug-likeness (QED) is 0.826. The van der Waals surface area contributed by atoms with E-state index in [-0.39, 0.29) is 5.91 Å². The lowest BCUT2D eigenvalue weighted by atomic mass is 10.1. The van der Waals surface area contributed by atoms with Crippen molar-refractivity contribution in [3.05, 3.63) is 34.9 Å². The van der Waals surface area contributed by atoms with Crippen LogP contribution < -0.4 is 0 Å². The molecule has 0 radical (unpaired) electrons. The Morgan fingerprint density at radius 2 is 1.74 bits per heavy atom. The number of carbonyl (C=O) groups excluding carboxylic acids is 1. The van der Waals surface area contributed by atoms with Gasteiger partial charge in [-0.2, -0.15) is 0 Å². The highest BCUT2D eigenvalue weighted by molar-refractivity contribution is 6.30. The summed E-state index contributed by atoms with van der Waals surface area (Å²) in [6, 6.07) is 7.94. The van der Waals surface area contributed by atoms with Crippen LogP contribution in [-0.2, 0) is 0 Å². The van der Waals surface area contributed by atoms with Gasteiger partial charge in [-0.15, -0.1) is 0 Å². The molecule has 1 fully saturated rings.